The highest BCUT2D eigenvalue weighted by atomic mass is 35.5. The van der Waals surface area contributed by atoms with E-state index in [9.17, 15) is 4.79 Å². The maximum absolute atomic E-state index is 11.4. The van der Waals surface area contributed by atoms with Crippen molar-refractivity contribution in [2.75, 3.05) is 11.4 Å². The third-order valence-corrected chi connectivity index (χ3v) is 3.34. The number of fused-ring (bicyclic) bond motifs is 1. The zero-order chi connectivity index (χ0) is 12.5. The molecule has 0 fully saturated rings. The summed E-state index contributed by atoms with van der Waals surface area (Å²) < 4.78 is 0. The molecule has 0 unspecified atom stereocenters. The standard InChI is InChI=1S/C14H11ClN2O/c15-13(18)11-5-3-8-16-14(11)17-9-7-10-4-1-2-6-12(10)17/h1-6,8H,7,9H2. The van der Waals surface area contributed by atoms with Crippen LogP contribution >= 0.6 is 11.6 Å². The second kappa shape index (κ2) is 4.42. The van der Waals surface area contributed by atoms with Crippen molar-refractivity contribution in [1.82, 2.24) is 4.98 Å². The van der Waals surface area contributed by atoms with E-state index < -0.39 is 5.24 Å². The fourth-order valence-electron chi connectivity index (χ4n) is 2.32. The molecule has 4 heteroatoms. The number of para-hydroxylation sites is 1. The van der Waals surface area contributed by atoms with Gasteiger partial charge in [-0.15, -0.1) is 0 Å². The minimum absolute atomic E-state index is 0.455. The van der Waals surface area contributed by atoms with Crippen LogP contribution in [0.5, 0.6) is 0 Å². The molecule has 2 heterocycles. The van der Waals surface area contributed by atoms with Crippen molar-refractivity contribution in [3.05, 3.63) is 53.7 Å². The highest BCUT2D eigenvalue weighted by Gasteiger charge is 2.24. The van der Waals surface area contributed by atoms with Gasteiger partial charge in [-0.2, -0.15) is 0 Å². The molecule has 2 aromatic rings. The SMILES string of the molecule is O=C(Cl)c1cccnc1N1CCc2ccccc21. The zero-order valence-electron chi connectivity index (χ0n) is 9.64. The van der Waals surface area contributed by atoms with Gasteiger partial charge in [0.15, 0.2) is 0 Å². The van der Waals surface area contributed by atoms with Gasteiger partial charge in [0.2, 0.25) is 0 Å². The average molecular weight is 259 g/mol. The Bertz CT molecular complexity index is 612. The fourth-order valence-corrected chi connectivity index (χ4v) is 2.47. The summed E-state index contributed by atoms with van der Waals surface area (Å²) in [5, 5.41) is -0.470. The number of halogens is 1. The molecule has 0 amide bonds. The molecule has 0 saturated carbocycles. The van der Waals surface area contributed by atoms with Crippen molar-refractivity contribution in [3.63, 3.8) is 0 Å². The Kier molecular flexibility index (Phi) is 2.76. The fraction of sp³-hybridized carbons (Fsp3) is 0.143. The van der Waals surface area contributed by atoms with Crippen LogP contribution < -0.4 is 4.90 Å². The molecular formula is C14H11ClN2O. The van der Waals surface area contributed by atoms with Crippen LogP contribution in [0.25, 0.3) is 0 Å². The van der Waals surface area contributed by atoms with Crippen LogP contribution in [0.2, 0.25) is 0 Å². The Morgan fingerprint density at radius 2 is 2.06 bits per heavy atom. The molecule has 90 valence electrons. The number of carbonyl (C=O) groups is 1. The second-order valence-corrected chi connectivity index (χ2v) is 4.52. The summed E-state index contributed by atoms with van der Waals surface area (Å²) in [6.07, 6.45) is 2.64. The van der Waals surface area contributed by atoms with E-state index in [1.807, 2.05) is 23.1 Å². The van der Waals surface area contributed by atoms with Crippen LogP contribution in [0.4, 0.5) is 11.5 Å². The van der Waals surface area contributed by atoms with E-state index >= 15 is 0 Å². The van der Waals surface area contributed by atoms with Crippen LogP contribution in [0.3, 0.4) is 0 Å². The van der Waals surface area contributed by atoms with Gasteiger partial charge >= 0.3 is 0 Å². The summed E-state index contributed by atoms with van der Waals surface area (Å²) in [6.45, 7) is 0.827. The number of aromatic nitrogens is 1. The predicted molar refractivity (Wildman–Crippen MR) is 71.6 cm³/mol. The lowest BCUT2D eigenvalue weighted by Crippen LogP contribution is -2.17. The van der Waals surface area contributed by atoms with Crippen molar-refractivity contribution in [3.8, 4) is 0 Å². The van der Waals surface area contributed by atoms with E-state index in [1.54, 1.807) is 18.3 Å². The molecule has 0 spiro atoms. The van der Waals surface area contributed by atoms with Gasteiger partial charge < -0.3 is 4.90 Å². The Morgan fingerprint density at radius 1 is 1.22 bits per heavy atom. The maximum Gasteiger partial charge on any atom is 0.256 e. The molecule has 0 aliphatic carbocycles. The van der Waals surface area contributed by atoms with Gasteiger partial charge in [0.1, 0.15) is 5.82 Å². The number of benzene rings is 1. The first-order valence-electron chi connectivity index (χ1n) is 5.77. The lowest BCUT2D eigenvalue weighted by Gasteiger charge is -2.19. The molecule has 3 nitrogen and oxygen atoms in total. The second-order valence-electron chi connectivity index (χ2n) is 4.18. The van der Waals surface area contributed by atoms with E-state index in [-0.39, 0.29) is 0 Å². The molecule has 0 atom stereocenters. The number of hydrogen-bond acceptors (Lipinski definition) is 3. The molecule has 3 rings (SSSR count). The first kappa shape index (κ1) is 11.2. The Labute approximate surface area is 110 Å². The van der Waals surface area contributed by atoms with Crippen molar-refractivity contribution in [1.29, 1.82) is 0 Å². The molecule has 18 heavy (non-hydrogen) atoms. The summed E-state index contributed by atoms with van der Waals surface area (Å²) in [7, 11) is 0. The van der Waals surface area contributed by atoms with Crippen LogP contribution in [0.1, 0.15) is 15.9 Å². The number of anilines is 2. The van der Waals surface area contributed by atoms with E-state index in [1.165, 1.54) is 5.56 Å². The molecule has 1 aromatic carbocycles. The summed E-state index contributed by atoms with van der Waals surface area (Å²) in [5.74, 6) is 0.641. The van der Waals surface area contributed by atoms with Gasteiger partial charge in [-0.25, -0.2) is 4.98 Å². The molecule has 0 N–H and O–H groups in total. The summed E-state index contributed by atoms with van der Waals surface area (Å²) in [4.78, 5) is 17.8. The highest BCUT2D eigenvalue weighted by Crippen LogP contribution is 2.34. The van der Waals surface area contributed by atoms with E-state index in [0.29, 0.717) is 11.4 Å². The minimum atomic E-state index is -0.470. The monoisotopic (exact) mass is 258 g/mol. The summed E-state index contributed by atoms with van der Waals surface area (Å²) in [6, 6.07) is 11.6. The van der Waals surface area contributed by atoms with Gasteiger partial charge in [-0.05, 0) is 41.8 Å². The molecule has 0 saturated heterocycles. The molecule has 0 radical (unpaired) electrons. The Balaban J connectivity index is 2.10. The van der Waals surface area contributed by atoms with Gasteiger partial charge in [0.25, 0.3) is 5.24 Å². The van der Waals surface area contributed by atoms with E-state index in [2.05, 4.69) is 11.1 Å². The van der Waals surface area contributed by atoms with Gasteiger partial charge in [0.05, 0.1) is 5.56 Å². The third-order valence-electron chi connectivity index (χ3n) is 3.14. The van der Waals surface area contributed by atoms with Crippen molar-refractivity contribution in [2.45, 2.75) is 6.42 Å². The molecule has 1 aliphatic heterocycles. The summed E-state index contributed by atoms with van der Waals surface area (Å²) in [5.41, 5.74) is 2.84. The highest BCUT2D eigenvalue weighted by molar-refractivity contribution is 6.68. The van der Waals surface area contributed by atoms with Crippen LogP contribution in [0, 0.1) is 0 Å². The normalized spacial score (nSPS) is 13.5. The van der Waals surface area contributed by atoms with Crippen molar-refractivity contribution >= 4 is 28.3 Å². The Morgan fingerprint density at radius 3 is 2.89 bits per heavy atom. The van der Waals surface area contributed by atoms with Gasteiger partial charge in [-0.3, -0.25) is 4.79 Å². The molecule has 0 bridgehead atoms. The van der Waals surface area contributed by atoms with E-state index in [0.717, 1.165) is 18.7 Å². The smallest absolute Gasteiger partial charge is 0.256 e. The zero-order valence-corrected chi connectivity index (χ0v) is 10.4. The number of rotatable bonds is 2. The van der Waals surface area contributed by atoms with Crippen molar-refractivity contribution in [2.24, 2.45) is 0 Å². The largest absolute Gasteiger partial charge is 0.325 e. The number of hydrogen-bond donors (Lipinski definition) is 0. The topological polar surface area (TPSA) is 33.2 Å². The average Bonchev–Trinajstić information content (AvgIpc) is 2.82. The predicted octanol–water partition coefficient (Wildman–Crippen LogP) is 3.15. The molecule has 1 aromatic heterocycles. The van der Waals surface area contributed by atoms with Crippen LogP contribution in [-0.4, -0.2) is 16.8 Å². The van der Waals surface area contributed by atoms with Gasteiger partial charge in [0, 0.05) is 18.4 Å². The quantitative estimate of drug-likeness (QED) is 0.776. The van der Waals surface area contributed by atoms with Crippen LogP contribution in [-0.2, 0) is 6.42 Å². The maximum atomic E-state index is 11.4. The summed E-state index contributed by atoms with van der Waals surface area (Å²) >= 11 is 5.61. The minimum Gasteiger partial charge on any atom is -0.325 e. The Hall–Kier alpha value is -1.87. The lowest BCUT2D eigenvalue weighted by molar-refractivity contribution is 0.108. The number of pyridine rings is 1. The van der Waals surface area contributed by atoms with E-state index in [4.69, 9.17) is 11.6 Å². The lowest BCUT2D eigenvalue weighted by atomic mass is 10.2. The molecule has 1 aliphatic rings. The van der Waals surface area contributed by atoms with Gasteiger partial charge in [-0.1, -0.05) is 18.2 Å². The first-order valence-corrected chi connectivity index (χ1v) is 6.15. The first-order chi connectivity index (χ1) is 8.77. The number of nitrogens with zero attached hydrogens (tertiary/aromatic N) is 2. The van der Waals surface area contributed by atoms with Crippen molar-refractivity contribution < 1.29 is 4.79 Å². The number of carbonyl (C=O) groups excluding carboxylic acids is 1. The third kappa shape index (κ3) is 1.77. The van der Waals surface area contributed by atoms with Crippen LogP contribution in [0.15, 0.2) is 42.6 Å². The molecular weight excluding hydrogens is 248 g/mol.